The van der Waals surface area contributed by atoms with Gasteiger partial charge in [-0.25, -0.2) is 0 Å². The third kappa shape index (κ3) is 4.32. The van der Waals surface area contributed by atoms with Crippen molar-refractivity contribution in [3.05, 3.63) is 58.1 Å². The van der Waals surface area contributed by atoms with E-state index in [4.69, 9.17) is 33.3 Å². The number of nitrogens with zero attached hydrogens (tertiary/aromatic N) is 1. The smallest absolute Gasteiger partial charge is 0.270 e. The zero-order valence-corrected chi connectivity index (χ0v) is 18.6. The van der Waals surface area contributed by atoms with Gasteiger partial charge in [0.25, 0.3) is 11.8 Å². The van der Waals surface area contributed by atoms with E-state index >= 15 is 0 Å². The maximum absolute atomic E-state index is 13.2. The molecule has 0 unspecified atom stereocenters. The summed E-state index contributed by atoms with van der Waals surface area (Å²) in [5.74, 6) is -0.0239. The molecule has 1 aliphatic heterocycles. The summed E-state index contributed by atoms with van der Waals surface area (Å²) < 4.78 is 11.1. The average Bonchev–Trinajstić information content (AvgIpc) is 2.68. The van der Waals surface area contributed by atoms with Crippen LogP contribution in [0.25, 0.3) is 6.08 Å². The molecule has 0 saturated carbocycles. The van der Waals surface area contributed by atoms with Crippen LogP contribution < -0.4 is 19.7 Å². The Kier molecular flexibility index (Phi) is 6.43. The van der Waals surface area contributed by atoms with Gasteiger partial charge in [-0.2, -0.15) is 0 Å². The Labute approximate surface area is 185 Å². The number of anilines is 1. The van der Waals surface area contributed by atoms with Crippen LogP contribution in [0.4, 0.5) is 5.69 Å². The highest BCUT2D eigenvalue weighted by molar-refractivity contribution is 7.80. The number of nitrogens with one attached hydrogen (secondary N) is 1. The lowest BCUT2D eigenvalue weighted by atomic mass is 10.1. The van der Waals surface area contributed by atoms with Crippen molar-refractivity contribution >= 4 is 52.5 Å². The van der Waals surface area contributed by atoms with Crippen molar-refractivity contribution in [1.82, 2.24) is 5.32 Å². The summed E-state index contributed by atoms with van der Waals surface area (Å²) >= 11 is 11.4. The number of ether oxygens (including phenoxy) is 2. The largest absolute Gasteiger partial charge is 0.493 e. The van der Waals surface area contributed by atoms with Crippen LogP contribution in [0, 0.1) is 6.92 Å². The molecular formula is C22H21ClN2O4S. The average molecular weight is 445 g/mol. The predicted octanol–water partition coefficient (Wildman–Crippen LogP) is 4.28. The van der Waals surface area contributed by atoms with Gasteiger partial charge in [0.05, 0.1) is 18.9 Å². The second-order valence-electron chi connectivity index (χ2n) is 6.92. The zero-order chi connectivity index (χ0) is 22.0. The third-order valence-corrected chi connectivity index (χ3v) is 5.14. The van der Waals surface area contributed by atoms with Gasteiger partial charge in [-0.15, -0.1) is 0 Å². The van der Waals surface area contributed by atoms with Gasteiger partial charge < -0.3 is 9.47 Å². The number of benzene rings is 2. The van der Waals surface area contributed by atoms with Gasteiger partial charge in [0.15, 0.2) is 16.6 Å². The van der Waals surface area contributed by atoms with Crippen LogP contribution in [0.3, 0.4) is 0 Å². The van der Waals surface area contributed by atoms with Crippen LogP contribution in [0.5, 0.6) is 11.5 Å². The Morgan fingerprint density at radius 2 is 1.90 bits per heavy atom. The fourth-order valence-corrected chi connectivity index (χ4v) is 3.45. The molecule has 1 N–H and O–H groups in total. The highest BCUT2D eigenvalue weighted by Crippen LogP contribution is 2.32. The maximum atomic E-state index is 13.2. The zero-order valence-electron chi connectivity index (χ0n) is 17.0. The minimum Gasteiger partial charge on any atom is -0.493 e. The Bertz CT molecular complexity index is 1070. The summed E-state index contributed by atoms with van der Waals surface area (Å²) in [5, 5.41) is 3.07. The molecule has 30 heavy (non-hydrogen) atoms. The van der Waals surface area contributed by atoms with Crippen molar-refractivity contribution in [2.24, 2.45) is 0 Å². The van der Waals surface area contributed by atoms with Gasteiger partial charge in [-0.1, -0.05) is 23.7 Å². The molecule has 3 rings (SSSR count). The predicted molar refractivity (Wildman–Crippen MR) is 121 cm³/mol. The van der Waals surface area contributed by atoms with Crippen molar-refractivity contribution in [2.45, 2.75) is 26.9 Å². The molecule has 1 aliphatic rings. The van der Waals surface area contributed by atoms with Crippen LogP contribution in [-0.2, 0) is 9.59 Å². The summed E-state index contributed by atoms with van der Waals surface area (Å²) in [6.07, 6.45) is 1.47. The van der Waals surface area contributed by atoms with E-state index in [1.54, 1.807) is 43.3 Å². The van der Waals surface area contributed by atoms with Crippen LogP contribution in [0.2, 0.25) is 5.02 Å². The van der Waals surface area contributed by atoms with Gasteiger partial charge >= 0.3 is 0 Å². The number of methoxy groups -OCH3 is 1. The Balaban J connectivity index is 2.01. The lowest BCUT2D eigenvalue weighted by Gasteiger charge is -2.30. The number of carbonyl (C=O) groups excluding carboxylic acids is 2. The first-order valence-electron chi connectivity index (χ1n) is 9.24. The fourth-order valence-electron chi connectivity index (χ4n) is 3.01. The molecule has 0 spiro atoms. The van der Waals surface area contributed by atoms with Gasteiger partial charge in [0.2, 0.25) is 0 Å². The van der Waals surface area contributed by atoms with E-state index in [0.717, 1.165) is 0 Å². The van der Waals surface area contributed by atoms with E-state index in [2.05, 4.69) is 5.32 Å². The molecule has 1 saturated heterocycles. The molecule has 1 fully saturated rings. The summed E-state index contributed by atoms with van der Waals surface area (Å²) in [6, 6.07) is 10.4. The second-order valence-corrected chi connectivity index (χ2v) is 7.71. The van der Waals surface area contributed by atoms with Crippen LogP contribution >= 0.6 is 23.8 Å². The lowest BCUT2D eigenvalue weighted by Crippen LogP contribution is -2.54. The van der Waals surface area contributed by atoms with Crippen molar-refractivity contribution in [3.8, 4) is 11.5 Å². The summed E-state index contributed by atoms with van der Waals surface area (Å²) in [4.78, 5) is 27.0. The first-order valence-corrected chi connectivity index (χ1v) is 10.0. The van der Waals surface area contributed by atoms with Gasteiger partial charge in [0.1, 0.15) is 5.57 Å². The Hall–Kier alpha value is -2.90. The molecule has 2 aromatic carbocycles. The SMILES string of the molecule is COc1cc(/C=C2/C(=O)NC(=S)N(c3cccc(Cl)c3C)C2=O)ccc1OC(C)C. The number of hydrogen-bond donors (Lipinski definition) is 1. The Morgan fingerprint density at radius 3 is 2.57 bits per heavy atom. The van der Waals surface area contributed by atoms with E-state index in [9.17, 15) is 9.59 Å². The molecule has 0 radical (unpaired) electrons. The maximum Gasteiger partial charge on any atom is 0.270 e. The highest BCUT2D eigenvalue weighted by atomic mass is 35.5. The standard InChI is InChI=1S/C22H21ClN2O4S/c1-12(2)29-18-9-8-14(11-19(18)28-4)10-15-20(26)24-22(30)25(21(15)27)17-7-5-6-16(23)13(17)3/h5-12H,1-4H3,(H,24,26,30)/b15-10-. The number of amides is 2. The molecule has 0 atom stereocenters. The second kappa shape index (κ2) is 8.85. The first kappa shape index (κ1) is 21.8. The normalized spacial score (nSPS) is 15.6. The third-order valence-electron chi connectivity index (χ3n) is 4.44. The molecule has 2 amide bonds. The number of thiocarbonyl (C=S) groups is 1. The number of hydrogen-bond acceptors (Lipinski definition) is 5. The molecule has 6 nitrogen and oxygen atoms in total. The van der Waals surface area contributed by atoms with E-state index in [1.807, 2.05) is 13.8 Å². The molecule has 2 aromatic rings. The van der Waals surface area contributed by atoms with E-state index < -0.39 is 11.8 Å². The molecule has 1 heterocycles. The molecular weight excluding hydrogens is 424 g/mol. The summed E-state index contributed by atoms with van der Waals surface area (Å²) in [7, 11) is 1.53. The quantitative estimate of drug-likeness (QED) is 0.423. The molecule has 0 bridgehead atoms. The summed E-state index contributed by atoms with van der Waals surface area (Å²) in [6.45, 7) is 5.61. The van der Waals surface area contributed by atoms with Crippen molar-refractivity contribution in [2.75, 3.05) is 12.0 Å². The van der Waals surface area contributed by atoms with Gasteiger partial charge in [-0.3, -0.25) is 19.8 Å². The number of rotatable bonds is 5. The monoisotopic (exact) mass is 444 g/mol. The Morgan fingerprint density at radius 1 is 1.17 bits per heavy atom. The van der Waals surface area contributed by atoms with Crippen LogP contribution in [0.15, 0.2) is 42.0 Å². The molecule has 156 valence electrons. The summed E-state index contributed by atoms with van der Waals surface area (Å²) in [5.41, 5.74) is 1.75. The van der Waals surface area contributed by atoms with E-state index in [1.165, 1.54) is 18.1 Å². The van der Waals surface area contributed by atoms with Crippen LogP contribution in [0.1, 0.15) is 25.0 Å². The molecule has 8 heteroatoms. The first-order chi connectivity index (χ1) is 14.2. The topological polar surface area (TPSA) is 67.9 Å². The molecule has 0 aliphatic carbocycles. The van der Waals surface area contributed by atoms with Crippen molar-refractivity contribution < 1.29 is 19.1 Å². The highest BCUT2D eigenvalue weighted by Gasteiger charge is 2.35. The number of halogens is 1. The van der Waals surface area contributed by atoms with Gasteiger partial charge in [0, 0.05) is 5.02 Å². The minimum absolute atomic E-state index is 0.00535. The number of carbonyl (C=O) groups is 2. The van der Waals surface area contributed by atoms with E-state index in [0.29, 0.717) is 33.3 Å². The molecule has 0 aromatic heterocycles. The minimum atomic E-state index is -0.567. The van der Waals surface area contributed by atoms with E-state index in [-0.39, 0.29) is 16.8 Å². The fraction of sp³-hybridized carbons (Fsp3) is 0.227. The van der Waals surface area contributed by atoms with Gasteiger partial charge in [-0.05, 0) is 74.5 Å². The van der Waals surface area contributed by atoms with Crippen molar-refractivity contribution in [1.29, 1.82) is 0 Å². The lowest BCUT2D eigenvalue weighted by molar-refractivity contribution is -0.122. The van der Waals surface area contributed by atoms with Crippen molar-refractivity contribution in [3.63, 3.8) is 0 Å². The van der Waals surface area contributed by atoms with Crippen LogP contribution in [-0.4, -0.2) is 30.1 Å².